The molecule has 0 unspecified atom stereocenters. The molecule has 0 spiro atoms. The molecule has 0 saturated carbocycles. The SMILES string of the molecule is CO[C@H]1[C@H](O[C@H]2[C@H](OC(C)=O)[C@@H](OCc3ccccc3)[C@@H]3OC[C@H]2O3)O[C@H](CO)[C@@H](O)[C@@H]1OC. The highest BCUT2D eigenvalue weighted by molar-refractivity contribution is 5.66. The summed E-state index contributed by atoms with van der Waals surface area (Å²) < 4.78 is 46.5. The van der Waals surface area contributed by atoms with E-state index in [2.05, 4.69) is 0 Å². The molecule has 0 aliphatic carbocycles. The summed E-state index contributed by atoms with van der Waals surface area (Å²) in [4.78, 5) is 12.0. The Hall–Kier alpha value is -1.67. The highest BCUT2D eigenvalue weighted by atomic mass is 16.8. The van der Waals surface area contributed by atoms with Gasteiger partial charge < -0.3 is 48.1 Å². The van der Waals surface area contributed by atoms with Gasteiger partial charge >= 0.3 is 5.97 Å². The largest absolute Gasteiger partial charge is 0.457 e. The molecule has 2 bridgehead atoms. The van der Waals surface area contributed by atoms with Crippen molar-refractivity contribution < 1.29 is 52.9 Å². The molecular weight excluding hydrogens is 452 g/mol. The number of rotatable bonds is 9. The first-order valence-corrected chi connectivity index (χ1v) is 11.2. The van der Waals surface area contributed by atoms with Gasteiger partial charge in [-0.2, -0.15) is 0 Å². The fourth-order valence-electron chi connectivity index (χ4n) is 4.59. The first kappa shape index (κ1) is 25.4. The zero-order valence-corrected chi connectivity index (χ0v) is 19.4. The van der Waals surface area contributed by atoms with E-state index in [4.69, 9.17) is 37.9 Å². The van der Waals surface area contributed by atoms with Crippen LogP contribution < -0.4 is 0 Å². The van der Waals surface area contributed by atoms with Crippen LogP contribution in [0.3, 0.4) is 0 Å². The van der Waals surface area contributed by atoms with Crippen LogP contribution in [0.5, 0.6) is 0 Å². The van der Waals surface area contributed by atoms with E-state index in [0.717, 1.165) is 5.56 Å². The molecule has 1 aromatic rings. The van der Waals surface area contributed by atoms with Crippen molar-refractivity contribution in [1.29, 1.82) is 0 Å². The lowest BCUT2D eigenvalue weighted by Crippen LogP contribution is -2.64. The number of carbonyl (C=O) groups excluding carboxylic acids is 1. The van der Waals surface area contributed by atoms with Gasteiger partial charge in [0.25, 0.3) is 0 Å². The molecule has 3 fully saturated rings. The second-order valence-electron chi connectivity index (χ2n) is 8.43. The monoisotopic (exact) mass is 484 g/mol. The zero-order chi connectivity index (χ0) is 24.2. The minimum Gasteiger partial charge on any atom is -0.457 e. The first-order valence-electron chi connectivity index (χ1n) is 11.2. The van der Waals surface area contributed by atoms with Gasteiger partial charge in [0.1, 0.15) is 42.7 Å². The van der Waals surface area contributed by atoms with Crippen LogP contribution in [0.25, 0.3) is 0 Å². The lowest BCUT2D eigenvalue weighted by atomic mass is 9.97. The van der Waals surface area contributed by atoms with E-state index in [1.165, 1.54) is 21.1 Å². The van der Waals surface area contributed by atoms with Crippen molar-refractivity contribution in [3.05, 3.63) is 35.9 Å². The molecule has 2 N–H and O–H groups in total. The van der Waals surface area contributed by atoms with Gasteiger partial charge in [0, 0.05) is 21.1 Å². The summed E-state index contributed by atoms with van der Waals surface area (Å²) in [6.45, 7) is 1.29. The molecule has 34 heavy (non-hydrogen) atoms. The van der Waals surface area contributed by atoms with E-state index in [9.17, 15) is 15.0 Å². The average Bonchev–Trinajstić information content (AvgIpc) is 3.27. The van der Waals surface area contributed by atoms with Crippen molar-refractivity contribution in [3.8, 4) is 0 Å². The molecule has 0 amide bonds. The van der Waals surface area contributed by atoms with Crippen LogP contribution in [-0.2, 0) is 49.3 Å². The van der Waals surface area contributed by atoms with Crippen LogP contribution in [-0.4, -0.2) is 105 Å². The third-order valence-electron chi connectivity index (χ3n) is 6.24. The van der Waals surface area contributed by atoms with Crippen LogP contribution in [0.15, 0.2) is 30.3 Å². The number of carbonyl (C=O) groups is 1. The van der Waals surface area contributed by atoms with Crippen LogP contribution in [0.2, 0.25) is 0 Å². The second kappa shape index (κ2) is 11.4. The fourth-order valence-corrected chi connectivity index (χ4v) is 4.59. The van der Waals surface area contributed by atoms with Crippen LogP contribution >= 0.6 is 0 Å². The number of ether oxygens (including phenoxy) is 8. The van der Waals surface area contributed by atoms with Crippen LogP contribution in [0.1, 0.15) is 12.5 Å². The Bertz CT molecular complexity index is 792. The summed E-state index contributed by atoms with van der Waals surface area (Å²) in [6, 6.07) is 9.54. The fraction of sp³-hybridized carbons (Fsp3) is 0.696. The van der Waals surface area contributed by atoms with Crippen molar-refractivity contribution >= 4 is 5.97 Å². The number of methoxy groups -OCH3 is 2. The molecule has 3 aliphatic rings. The first-order chi connectivity index (χ1) is 16.5. The summed E-state index contributed by atoms with van der Waals surface area (Å²) >= 11 is 0. The molecular formula is C23H32O11. The standard InChI is InChI=1S/C23H32O11/c1-12(25)31-19-17(34-23-20(28-3)18(27-2)16(26)14(9-24)32-23)15-11-30-22(33-15)21(19)29-10-13-7-5-4-6-8-13/h4-8,14-24,26H,9-11H2,1-3H3/t14-,15-,16-,17-,18+,19+,20-,21-,22-,23+/m1/s1. The molecule has 11 heteroatoms. The Balaban J connectivity index is 1.56. The molecule has 3 saturated heterocycles. The van der Waals surface area contributed by atoms with Gasteiger partial charge in [-0.3, -0.25) is 4.79 Å². The Morgan fingerprint density at radius 1 is 1.03 bits per heavy atom. The lowest BCUT2D eigenvalue weighted by molar-refractivity contribution is -0.345. The van der Waals surface area contributed by atoms with E-state index in [1.807, 2.05) is 30.3 Å². The van der Waals surface area contributed by atoms with E-state index in [0.29, 0.717) is 0 Å². The topological polar surface area (TPSA) is 131 Å². The predicted octanol–water partition coefficient (Wildman–Crippen LogP) is -0.248. The molecule has 11 nitrogen and oxygen atoms in total. The quantitative estimate of drug-likeness (QED) is 0.450. The highest BCUT2D eigenvalue weighted by Gasteiger charge is 2.56. The Morgan fingerprint density at radius 3 is 2.41 bits per heavy atom. The third-order valence-corrected chi connectivity index (χ3v) is 6.24. The normalized spacial score (nSPS) is 39.7. The lowest BCUT2D eigenvalue weighted by Gasteiger charge is -2.46. The minimum absolute atomic E-state index is 0.197. The number of fused-ring (bicyclic) bond motifs is 2. The maximum absolute atomic E-state index is 12.0. The van der Waals surface area contributed by atoms with Gasteiger partial charge in [-0.1, -0.05) is 30.3 Å². The van der Waals surface area contributed by atoms with Crippen molar-refractivity contribution in [2.75, 3.05) is 27.4 Å². The zero-order valence-electron chi connectivity index (χ0n) is 19.4. The summed E-state index contributed by atoms with van der Waals surface area (Å²) in [6.07, 6.45) is -8.57. The predicted molar refractivity (Wildman–Crippen MR) is 113 cm³/mol. The Kier molecular flexibility index (Phi) is 8.51. The number of hydrogen-bond acceptors (Lipinski definition) is 11. The average molecular weight is 484 g/mol. The molecule has 3 aliphatic heterocycles. The smallest absolute Gasteiger partial charge is 0.303 e. The molecule has 0 aromatic heterocycles. The molecule has 0 radical (unpaired) electrons. The van der Waals surface area contributed by atoms with Crippen molar-refractivity contribution in [2.45, 2.75) is 74.9 Å². The number of esters is 1. The molecule has 4 rings (SSSR count). The third kappa shape index (κ3) is 5.27. The van der Waals surface area contributed by atoms with Crippen LogP contribution in [0.4, 0.5) is 0 Å². The van der Waals surface area contributed by atoms with E-state index < -0.39 is 74.0 Å². The number of aliphatic hydroxyl groups excluding tert-OH is 2. The highest BCUT2D eigenvalue weighted by Crippen LogP contribution is 2.37. The summed E-state index contributed by atoms with van der Waals surface area (Å²) in [5.41, 5.74) is 0.930. The number of benzene rings is 1. The van der Waals surface area contributed by atoms with E-state index >= 15 is 0 Å². The van der Waals surface area contributed by atoms with Gasteiger partial charge in [-0.15, -0.1) is 0 Å². The van der Waals surface area contributed by atoms with Crippen molar-refractivity contribution in [1.82, 2.24) is 0 Å². The van der Waals surface area contributed by atoms with Crippen LogP contribution in [0, 0.1) is 0 Å². The maximum Gasteiger partial charge on any atom is 0.303 e. The van der Waals surface area contributed by atoms with Gasteiger partial charge in [-0.25, -0.2) is 0 Å². The van der Waals surface area contributed by atoms with Gasteiger partial charge in [0.05, 0.1) is 19.8 Å². The Labute approximate surface area is 197 Å². The summed E-state index contributed by atoms with van der Waals surface area (Å²) in [5.74, 6) is -0.514. The molecule has 3 heterocycles. The van der Waals surface area contributed by atoms with Gasteiger partial charge in [0.2, 0.25) is 0 Å². The van der Waals surface area contributed by atoms with Gasteiger partial charge in [0.15, 0.2) is 18.7 Å². The van der Waals surface area contributed by atoms with Crippen molar-refractivity contribution in [3.63, 3.8) is 0 Å². The number of aliphatic hydroxyl groups is 2. The Morgan fingerprint density at radius 2 is 1.76 bits per heavy atom. The number of hydrogen-bond donors (Lipinski definition) is 2. The maximum atomic E-state index is 12.0. The molecule has 1 aromatic carbocycles. The minimum atomic E-state index is -1.13. The summed E-state index contributed by atoms with van der Waals surface area (Å²) in [5, 5.41) is 20.2. The van der Waals surface area contributed by atoms with Gasteiger partial charge in [-0.05, 0) is 5.56 Å². The summed E-state index contributed by atoms with van der Waals surface area (Å²) in [7, 11) is 2.86. The molecule has 10 atom stereocenters. The molecule has 190 valence electrons. The van der Waals surface area contributed by atoms with Crippen molar-refractivity contribution in [2.24, 2.45) is 0 Å². The second-order valence-corrected chi connectivity index (χ2v) is 8.43. The van der Waals surface area contributed by atoms with E-state index in [1.54, 1.807) is 0 Å². The van der Waals surface area contributed by atoms with E-state index in [-0.39, 0.29) is 13.2 Å².